The van der Waals surface area contributed by atoms with Crippen molar-refractivity contribution in [2.75, 3.05) is 71.9 Å². The van der Waals surface area contributed by atoms with E-state index >= 15 is 8.78 Å². The average molecular weight is 798 g/mol. The molecular weight excluding hydrogens is 752 g/mol. The van der Waals surface area contributed by atoms with Gasteiger partial charge in [-0.3, -0.25) is 19.2 Å². The molecule has 2 fully saturated rings. The number of quaternary nitrogens is 1. The third-order valence-electron chi connectivity index (χ3n) is 10.8. The highest BCUT2D eigenvalue weighted by molar-refractivity contribution is 6.34. The van der Waals surface area contributed by atoms with Crippen LogP contribution in [0.3, 0.4) is 0 Å². The molecule has 5 N–H and O–H groups in total. The molecule has 18 heteroatoms. The smallest absolute Gasteiger partial charge is 0.291 e. The van der Waals surface area contributed by atoms with E-state index in [1.54, 1.807) is 34.7 Å². The number of H-pyrrole nitrogens is 1. The number of benzene rings is 2. The van der Waals surface area contributed by atoms with Gasteiger partial charge in [0.1, 0.15) is 6.61 Å². The van der Waals surface area contributed by atoms with Crippen molar-refractivity contribution >= 4 is 40.9 Å². The van der Waals surface area contributed by atoms with Crippen molar-refractivity contribution in [1.29, 1.82) is 0 Å². The largest absolute Gasteiger partial charge is 0.380 e. The summed E-state index contributed by atoms with van der Waals surface area (Å²) in [6.07, 6.45) is 3.37. The van der Waals surface area contributed by atoms with Gasteiger partial charge in [0.2, 0.25) is 6.20 Å². The predicted molar refractivity (Wildman–Crippen MR) is 201 cm³/mol. The van der Waals surface area contributed by atoms with Crippen LogP contribution in [0.15, 0.2) is 42.7 Å². The van der Waals surface area contributed by atoms with Crippen molar-refractivity contribution in [2.45, 2.75) is 31.9 Å². The number of primary amides is 1. The minimum atomic E-state index is -1.54. The summed E-state index contributed by atoms with van der Waals surface area (Å²) in [4.78, 5) is 58.8. The molecule has 2 aromatic carbocycles. The maximum atomic E-state index is 15.6. The van der Waals surface area contributed by atoms with Crippen molar-refractivity contribution < 1.29 is 47.0 Å². The van der Waals surface area contributed by atoms with Gasteiger partial charge in [0, 0.05) is 70.0 Å². The van der Waals surface area contributed by atoms with E-state index in [4.69, 9.17) is 22.1 Å². The Morgan fingerprint density at radius 2 is 1.70 bits per heavy atom. The average Bonchev–Trinajstić information content (AvgIpc) is 3.73. The first-order chi connectivity index (χ1) is 26.5. The third-order valence-corrected chi connectivity index (χ3v) is 11.1. The quantitative estimate of drug-likeness (QED) is 0.133. The molecule has 15 nitrogen and oxygen atoms in total. The Morgan fingerprint density at radius 3 is 2.34 bits per heavy atom. The zero-order valence-corrected chi connectivity index (χ0v) is 32.5. The van der Waals surface area contributed by atoms with Gasteiger partial charge in [-0.15, -0.1) is 4.68 Å². The standard InChI is InChI=1S/C38H44ClF2N9O6/c1-23-28(21-49(45-23)15-18-56-4)25-7-8-27(33(41)32(25)40)30-20-43-34(46(30)2)35(52)44-24-5-6-26(29(39)19-24)36(53)47-11-13-48(14-12-47)37(54)38(55)9-16-50(3,17-10-38)22-31(42)51/h5-8,19-21,55H,9-18,22H2,1-4H3,(H2-,42,44,51,52,53)/p+2. The Bertz CT molecular complexity index is 2170. The van der Waals surface area contributed by atoms with Gasteiger partial charge in [0.25, 0.3) is 23.6 Å². The first kappa shape index (κ1) is 40.4. The number of hydrogen-bond donors (Lipinski definition) is 4. The summed E-state index contributed by atoms with van der Waals surface area (Å²) < 4.78 is 39.6. The van der Waals surface area contributed by atoms with Crippen molar-refractivity contribution in [2.24, 2.45) is 12.8 Å². The summed E-state index contributed by atoms with van der Waals surface area (Å²) in [5, 5.41) is 17.1. The fraction of sp³-hybridized carbons (Fsp3) is 0.421. The van der Waals surface area contributed by atoms with Crippen LogP contribution in [0.4, 0.5) is 14.5 Å². The number of rotatable bonds is 11. The van der Waals surface area contributed by atoms with Crippen molar-refractivity contribution in [3.8, 4) is 22.4 Å². The number of carbonyl (C=O) groups is 4. The van der Waals surface area contributed by atoms with Crippen LogP contribution in [-0.4, -0.2) is 130 Å². The van der Waals surface area contributed by atoms with Crippen molar-refractivity contribution in [3.05, 3.63) is 76.5 Å². The van der Waals surface area contributed by atoms with Crippen LogP contribution in [0, 0.1) is 18.6 Å². The van der Waals surface area contributed by atoms with Crippen LogP contribution in [-0.2, 0) is 27.9 Å². The molecule has 0 aliphatic carbocycles. The summed E-state index contributed by atoms with van der Waals surface area (Å²) in [7, 11) is 4.96. The molecule has 298 valence electrons. The summed E-state index contributed by atoms with van der Waals surface area (Å²) in [6.45, 7) is 4.61. The second-order valence-corrected chi connectivity index (χ2v) is 15.1. The molecule has 56 heavy (non-hydrogen) atoms. The summed E-state index contributed by atoms with van der Waals surface area (Å²) in [5.41, 5.74) is 5.62. The number of aliphatic hydroxyl groups is 1. The van der Waals surface area contributed by atoms with Gasteiger partial charge in [0.05, 0.1) is 53.9 Å². The molecule has 2 aliphatic heterocycles. The number of nitrogens with zero attached hydrogens (tertiary/aromatic N) is 6. The number of piperazine rings is 1. The van der Waals surface area contributed by atoms with E-state index in [-0.39, 0.29) is 90.4 Å². The molecule has 0 bridgehead atoms. The van der Waals surface area contributed by atoms with Gasteiger partial charge in [-0.25, -0.2) is 13.8 Å². The highest BCUT2D eigenvalue weighted by atomic mass is 35.5. The highest BCUT2D eigenvalue weighted by Gasteiger charge is 2.47. The van der Waals surface area contributed by atoms with Gasteiger partial charge < -0.3 is 39.7 Å². The monoisotopic (exact) mass is 797 g/mol. The second-order valence-electron chi connectivity index (χ2n) is 14.7. The van der Waals surface area contributed by atoms with E-state index in [1.807, 2.05) is 7.05 Å². The summed E-state index contributed by atoms with van der Waals surface area (Å²) in [5.74, 6) is -4.04. The number of halogens is 3. The van der Waals surface area contributed by atoms with E-state index in [9.17, 15) is 24.3 Å². The number of methoxy groups -OCH3 is 1. The molecule has 0 spiro atoms. The van der Waals surface area contributed by atoms with Crippen LogP contribution < -0.4 is 15.7 Å². The minimum Gasteiger partial charge on any atom is -0.380 e. The Morgan fingerprint density at radius 1 is 1.05 bits per heavy atom. The molecule has 6 rings (SSSR count). The first-order valence-corrected chi connectivity index (χ1v) is 18.5. The number of ether oxygens (including phenoxy) is 1. The summed E-state index contributed by atoms with van der Waals surface area (Å²) in [6, 6.07) is 7.34. The van der Waals surface area contributed by atoms with Crippen LogP contribution >= 0.6 is 11.6 Å². The van der Waals surface area contributed by atoms with E-state index in [1.165, 1.54) is 48.1 Å². The van der Waals surface area contributed by atoms with Gasteiger partial charge in [-0.05, 0) is 31.2 Å². The van der Waals surface area contributed by atoms with Crippen LogP contribution in [0.25, 0.3) is 22.4 Å². The lowest BCUT2D eigenvalue weighted by Crippen LogP contribution is -2.63. The topological polar surface area (TPSA) is 180 Å². The maximum absolute atomic E-state index is 15.6. The third kappa shape index (κ3) is 8.16. The molecule has 4 heterocycles. The number of imidazole rings is 1. The highest BCUT2D eigenvalue weighted by Crippen LogP contribution is 2.33. The molecule has 0 unspecified atom stereocenters. The molecule has 4 amide bonds. The molecule has 0 radical (unpaired) electrons. The molecule has 2 saturated heterocycles. The number of likely N-dealkylation sites (N-methyl/N-ethyl adjacent to an activating group) is 1. The van der Waals surface area contributed by atoms with Gasteiger partial charge >= 0.3 is 0 Å². The maximum Gasteiger partial charge on any atom is 0.291 e. The lowest BCUT2D eigenvalue weighted by Gasteiger charge is -2.45. The SMILES string of the molecule is COCC[n+]1cc(-c2ccc(-c3cnc(C(=O)Nc4ccc(C(=O)N5CCN(C(=O)C6(O)CC[N+](C)(CC(N)=O)CC6)CC5)c(Cl)c4)n3C)c(F)c2F)c(C)[nH]1. The number of likely N-dealkylation sites (tertiary alicyclic amines) is 1. The van der Waals surface area contributed by atoms with E-state index in [2.05, 4.69) is 15.4 Å². The molecular formula is C38H46ClF2N9O6+2. The number of amides is 4. The molecule has 2 aromatic heterocycles. The lowest BCUT2D eigenvalue weighted by molar-refractivity contribution is -0.908. The number of nitrogens with one attached hydrogen (secondary N) is 2. The van der Waals surface area contributed by atoms with Crippen LogP contribution in [0.1, 0.15) is 39.5 Å². The number of aryl methyl sites for hydroxylation is 1. The van der Waals surface area contributed by atoms with E-state index in [0.717, 1.165) is 0 Å². The first-order valence-electron chi connectivity index (χ1n) is 18.2. The Hall–Kier alpha value is -5.23. The Balaban J connectivity index is 1.07. The number of aromatic nitrogens is 4. The van der Waals surface area contributed by atoms with Gasteiger partial charge in [-0.1, -0.05) is 17.7 Å². The molecule has 0 atom stereocenters. The fourth-order valence-electron chi connectivity index (χ4n) is 7.39. The van der Waals surface area contributed by atoms with Gasteiger partial charge in [-0.2, -0.15) is 5.10 Å². The fourth-order valence-corrected chi connectivity index (χ4v) is 7.65. The van der Waals surface area contributed by atoms with Crippen LogP contribution in [0.2, 0.25) is 5.02 Å². The van der Waals surface area contributed by atoms with Gasteiger partial charge in [0.15, 0.2) is 36.1 Å². The van der Waals surface area contributed by atoms with E-state index in [0.29, 0.717) is 42.0 Å². The zero-order chi connectivity index (χ0) is 40.5. The van der Waals surface area contributed by atoms with Crippen LogP contribution in [0.5, 0.6) is 0 Å². The minimum absolute atomic E-state index is 0.0779. The lowest BCUT2D eigenvalue weighted by atomic mass is 9.88. The zero-order valence-electron chi connectivity index (χ0n) is 31.7. The predicted octanol–water partition coefficient (Wildman–Crippen LogP) is 2.25. The normalized spacial score (nSPS) is 19.9. The number of piperidine rings is 1. The number of nitrogens with two attached hydrogens (primary N) is 1. The molecule has 2 aliphatic rings. The van der Waals surface area contributed by atoms with Crippen molar-refractivity contribution in [1.82, 2.24) is 24.4 Å². The molecule has 4 aromatic rings. The number of carbonyl (C=O) groups excluding carboxylic acids is 4. The Labute approximate surface area is 327 Å². The second kappa shape index (κ2) is 16.1. The van der Waals surface area contributed by atoms with Crippen molar-refractivity contribution in [3.63, 3.8) is 0 Å². The molecule has 0 saturated carbocycles. The number of aromatic amines is 1. The number of hydrogen-bond acceptors (Lipinski definition) is 7. The van der Waals surface area contributed by atoms with E-state index < -0.39 is 35.0 Å². The Kier molecular flexibility index (Phi) is 11.6. The number of anilines is 1. The summed E-state index contributed by atoms with van der Waals surface area (Å²) >= 11 is 6.53.